The summed E-state index contributed by atoms with van der Waals surface area (Å²) in [5.74, 6) is 1.27. The summed E-state index contributed by atoms with van der Waals surface area (Å²) in [7, 11) is 0. The molecule has 0 bridgehead atoms. The number of carbonyl (C=O) groups excluding carboxylic acids is 1. The van der Waals surface area contributed by atoms with Gasteiger partial charge < -0.3 is 14.5 Å². The van der Waals surface area contributed by atoms with Gasteiger partial charge >= 0.3 is 0 Å². The fourth-order valence-corrected chi connectivity index (χ4v) is 4.27. The van der Waals surface area contributed by atoms with Crippen LogP contribution >= 0.6 is 11.6 Å². The Morgan fingerprint density at radius 1 is 1.21 bits per heavy atom. The van der Waals surface area contributed by atoms with E-state index in [4.69, 9.17) is 20.8 Å². The zero-order chi connectivity index (χ0) is 22.9. The Hall–Kier alpha value is -3.52. The van der Waals surface area contributed by atoms with Crippen molar-refractivity contribution in [2.24, 2.45) is 0 Å². The van der Waals surface area contributed by atoms with E-state index in [2.05, 4.69) is 27.6 Å². The smallest absolute Gasteiger partial charge is 0.291 e. The van der Waals surface area contributed by atoms with Crippen LogP contribution in [-0.4, -0.2) is 25.5 Å². The molecule has 0 radical (unpaired) electrons. The number of nitrogens with zero attached hydrogens (tertiary/aromatic N) is 4. The van der Waals surface area contributed by atoms with Crippen LogP contribution in [0, 0.1) is 13.8 Å². The van der Waals surface area contributed by atoms with E-state index in [-0.39, 0.29) is 18.3 Å². The standard InChI is InChI=1S/C24H24ClN5O3/c1-15-23(16(2)30(28-15)14-29-12-19(25)11-26-29)27-24(31)22-9-8-21(33-22)13-32-20-7-6-17-4-3-5-18(17)10-20/h6-12H,3-5,13-14H2,1-2H3,(H,27,31). The summed E-state index contributed by atoms with van der Waals surface area (Å²) < 4.78 is 15.0. The van der Waals surface area contributed by atoms with Crippen molar-refractivity contribution in [2.45, 2.75) is 46.4 Å². The SMILES string of the molecule is Cc1nn(Cn2cc(Cl)cn2)c(C)c1NC(=O)c1ccc(COc2ccc3c(c2)CCC3)o1. The lowest BCUT2D eigenvalue weighted by atomic mass is 10.1. The molecule has 33 heavy (non-hydrogen) atoms. The average Bonchev–Trinajstić information content (AvgIpc) is 3.58. The number of aryl methyl sites for hydroxylation is 3. The van der Waals surface area contributed by atoms with Gasteiger partial charge in [-0.05, 0) is 68.5 Å². The topological polar surface area (TPSA) is 87.1 Å². The van der Waals surface area contributed by atoms with Gasteiger partial charge in [-0.3, -0.25) is 4.79 Å². The Labute approximate surface area is 196 Å². The summed E-state index contributed by atoms with van der Waals surface area (Å²) in [6.07, 6.45) is 6.72. The number of anilines is 1. The van der Waals surface area contributed by atoms with Gasteiger partial charge in [0.15, 0.2) is 5.76 Å². The van der Waals surface area contributed by atoms with Gasteiger partial charge in [-0.1, -0.05) is 17.7 Å². The van der Waals surface area contributed by atoms with Crippen molar-refractivity contribution in [3.8, 4) is 5.75 Å². The Bertz CT molecular complexity index is 1320. The monoisotopic (exact) mass is 465 g/mol. The summed E-state index contributed by atoms with van der Waals surface area (Å²) in [5.41, 5.74) is 4.91. The average molecular weight is 466 g/mol. The number of aromatic nitrogens is 4. The van der Waals surface area contributed by atoms with Gasteiger partial charge in [0.2, 0.25) is 0 Å². The van der Waals surface area contributed by atoms with Crippen molar-refractivity contribution < 1.29 is 13.9 Å². The molecule has 1 aliphatic carbocycles. The van der Waals surface area contributed by atoms with Gasteiger partial charge in [0.1, 0.15) is 24.8 Å². The lowest BCUT2D eigenvalue weighted by molar-refractivity contribution is 0.0992. The van der Waals surface area contributed by atoms with Gasteiger partial charge in [0, 0.05) is 6.20 Å². The van der Waals surface area contributed by atoms with Crippen molar-refractivity contribution in [1.29, 1.82) is 0 Å². The van der Waals surface area contributed by atoms with Gasteiger partial charge in [-0.25, -0.2) is 9.36 Å². The predicted octanol–water partition coefficient (Wildman–Crippen LogP) is 4.77. The summed E-state index contributed by atoms with van der Waals surface area (Å²) in [6, 6.07) is 9.62. The van der Waals surface area contributed by atoms with Gasteiger partial charge in [0.05, 0.1) is 28.3 Å². The molecule has 0 atom stereocenters. The molecular weight excluding hydrogens is 442 g/mol. The van der Waals surface area contributed by atoms with E-state index in [0.717, 1.165) is 24.3 Å². The van der Waals surface area contributed by atoms with Crippen molar-refractivity contribution in [3.05, 3.63) is 81.8 Å². The number of halogens is 1. The summed E-state index contributed by atoms with van der Waals surface area (Å²) in [5, 5.41) is 12.1. The largest absolute Gasteiger partial charge is 0.486 e. The maximum absolute atomic E-state index is 12.8. The molecule has 0 unspecified atom stereocenters. The number of hydrogen-bond acceptors (Lipinski definition) is 5. The predicted molar refractivity (Wildman–Crippen MR) is 124 cm³/mol. The zero-order valence-electron chi connectivity index (χ0n) is 18.5. The highest BCUT2D eigenvalue weighted by atomic mass is 35.5. The highest BCUT2D eigenvalue weighted by molar-refractivity contribution is 6.30. The maximum Gasteiger partial charge on any atom is 0.291 e. The van der Waals surface area contributed by atoms with E-state index >= 15 is 0 Å². The minimum Gasteiger partial charge on any atom is -0.486 e. The number of fused-ring (bicyclic) bond motifs is 1. The third kappa shape index (κ3) is 4.52. The number of nitrogens with one attached hydrogen (secondary N) is 1. The first kappa shape index (κ1) is 21.3. The fraction of sp³-hybridized carbons (Fsp3) is 0.292. The Morgan fingerprint density at radius 2 is 2.06 bits per heavy atom. The number of ether oxygens (including phenoxy) is 1. The molecule has 170 valence electrons. The van der Waals surface area contributed by atoms with Crippen molar-refractivity contribution >= 4 is 23.2 Å². The number of benzene rings is 1. The van der Waals surface area contributed by atoms with Crippen LogP contribution in [0.1, 0.15) is 45.3 Å². The molecule has 0 aliphatic heterocycles. The van der Waals surface area contributed by atoms with Crippen LogP contribution in [0.2, 0.25) is 5.02 Å². The molecule has 0 saturated heterocycles. The second kappa shape index (κ2) is 8.78. The molecule has 1 aliphatic rings. The van der Waals surface area contributed by atoms with Crippen LogP contribution in [0.3, 0.4) is 0 Å². The number of furan rings is 1. The van der Waals surface area contributed by atoms with Gasteiger partial charge in [-0.2, -0.15) is 10.2 Å². The first-order valence-electron chi connectivity index (χ1n) is 10.8. The lowest BCUT2D eigenvalue weighted by Crippen LogP contribution is -2.14. The van der Waals surface area contributed by atoms with Crippen LogP contribution in [0.25, 0.3) is 0 Å². The molecule has 9 heteroatoms. The van der Waals surface area contributed by atoms with Gasteiger partial charge in [-0.15, -0.1) is 0 Å². The second-order valence-corrected chi connectivity index (χ2v) is 8.61. The summed E-state index contributed by atoms with van der Waals surface area (Å²) in [4.78, 5) is 12.8. The summed E-state index contributed by atoms with van der Waals surface area (Å²) in [6.45, 7) is 4.38. The molecule has 0 saturated carbocycles. The maximum atomic E-state index is 12.8. The minimum atomic E-state index is -0.341. The molecular formula is C24H24ClN5O3. The third-order valence-electron chi connectivity index (χ3n) is 5.84. The van der Waals surface area contributed by atoms with Gasteiger partial charge in [0.25, 0.3) is 5.91 Å². The third-order valence-corrected chi connectivity index (χ3v) is 6.03. The van der Waals surface area contributed by atoms with Crippen LogP contribution < -0.4 is 10.1 Å². The lowest BCUT2D eigenvalue weighted by Gasteiger charge is -2.07. The molecule has 4 aromatic rings. The molecule has 3 aromatic heterocycles. The zero-order valence-corrected chi connectivity index (χ0v) is 19.2. The molecule has 1 amide bonds. The van der Waals surface area contributed by atoms with Crippen LogP contribution in [0.4, 0.5) is 5.69 Å². The number of hydrogen-bond donors (Lipinski definition) is 1. The molecule has 0 fully saturated rings. The van der Waals surface area contributed by atoms with E-state index in [1.165, 1.54) is 17.5 Å². The first-order valence-corrected chi connectivity index (χ1v) is 11.2. The molecule has 5 rings (SSSR count). The van der Waals surface area contributed by atoms with E-state index in [1.807, 2.05) is 19.9 Å². The first-order chi connectivity index (χ1) is 16.0. The minimum absolute atomic E-state index is 0.216. The number of carbonyl (C=O) groups is 1. The molecule has 1 N–H and O–H groups in total. The molecule has 0 spiro atoms. The Balaban J connectivity index is 1.23. The van der Waals surface area contributed by atoms with E-state index < -0.39 is 0 Å². The summed E-state index contributed by atoms with van der Waals surface area (Å²) >= 11 is 5.93. The van der Waals surface area contributed by atoms with E-state index in [0.29, 0.717) is 28.8 Å². The molecule has 8 nitrogen and oxygen atoms in total. The molecule has 3 heterocycles. The highest BCUT2D eigenvalue weighted by Gasteiger charge is 2.18. The van der Waals surface area contributed by atoms with E-state index in [9.17, 15) is 4.79 Å². The van der Waals surface area contributed by atoms with Crippen LogP contribution in [-0.2, 0) is 26.1 Å². The fourth-order valence-electron chi connectivity index (χ4n) is 4.11. The second-order valence-electron chi connectivity index (χ2n) is 8.18. The van der Waals surface area contributed by atoms with Crippen molar-refractivity contribution in [1.82, 2.24) is 19.6 Å². The van der Waals surface area contributed by atoms with Crippen molar-refractivity contribution in [3.63, 3.8) is 0 Å². The Morgan fingerprint density at radius 3 is 2.88 bits per heavy atom. The van der Waals surface area contributed by atoms with Crippen LogP contribution in [0.15, 0.2) is 47.1 Å². The van der Waals surface area contributed by atoms with Crippen molar-refractivity contribution in [2.75, 3.05) is 5.32 Å². The quantitative estimate of drug-likeness (QED) is 0.425. The number of rotatable bonds is 7. The normalized spacial score (nSPS) is 12.7. The number of amides is 1. The van der Waals surface area contributed by atoms with Crippen LogP contribution in [0.5, 0.6) is 5.75 Å². The Kier molecular flexibility index (Phi) is 5.68. The highest BCUT2D eigenvalue weighted by Crippen LogP contribution is 2.27. The molecule has 1 aromatic carbocycles. The van der Waals surface area contributed by atoms with E-state index in [1.54, 1.807) is 33.9 Å².